The summed E-state index contributed by atoms with van der Waals surface area (Å²) < 4.78 is 7.10. The molecule has 0 bridgehead atoms. The summed E-state index contributed by atoms with van der Waals surface area (Å²) in [5.74, 6) is -1.82. The summed E-state index contributed by atoms with van der Waals surface area (Å²) in [5, 5.41) is 11.9. The van der Waals surface area contributed by atoms with E-state index in [2.05, 4.69) is 23.7 Å². The molecule has 1 heterocycles. The number of hydrogen-bond donors (Lipinski definition) is 2. The van der Waals surface area contributed by atoms with Gasteiger partial charge in [0.1, 0.15) is 11.6 Å². The predicted molar refractivity (Wildman–Crippen MR) is 117 cm³/mol. The predicted octanol–water partition coefficient (Wildman–Crippen LogP) is 2.95. The summed E-state index contributed by atoms with van der Waals surface area (Å²) in [4.78, 5) is 35.9. The van der Waals surface area contributed by atoms with Crippen molar-refractivity contribution in [2.45, 2.75) is 34.2 Å². The van der Waals surface area contributed by atoms with Gasteiger partial charge >= 0.3 is 5.97 Å². The molecule has 3 N–H and O–H groups in total. The van der Waals surface area contributed by atoms with Crippen LogP contribution in [-0.4, -0.2) is 29.0 Å². The van der Waals surface area contributed by atoms with E-state index in [1.807, 2.05) is 26.0 Å². The molecule has 2 rings (SSSR count). The summed E-state index contributed by atoms with van der Waals surface area (Å²) >= 11 is 0. The number of amides is 2. The zero-order valence-corrected chi connectivity index (χ0v) is 18.1. The number of para-hydroxylation sites is 1. The zero-order chi connectivity index (χ0) is 23.1. The average molecular weight is 422 g/mol. The molecule has 0 unspecified atom stereocenters. The van der Waals surface area contributed by atoms with E-state index in [9.17, 15) is 19.6 Å². The number of primary amides is 1. The Labute approximate surface area is 181 Å². The van der Waals surface area contributed by atoms with E-state index in [0.717, 1.165) is 23.5 Å². The van der Waals surface area contributed by atoms with Gasteiger partial charge in [-0.25, -0.2) is 4.79 Å². The number of nitriles is 1. The number of anilines is 1. The monoisotopic (exact) mass is 422 g/mol. The summed E-state index contributed by atoms with van der Waals surface area (Å²) in [6.07, 6.45) is 1.46. The molecular formula is C23H26N4O4. The number of nitrogens with two attached hydrogens (primary N) is 1. The Morgan fingerprint density at radius 1 is 1.26 bits per heavy atom. The van der Waals surface area contributed by atoms with Gasteiger partial charge in [0.15, 0.2) is 6.61 Å². The number of nitrogens with one attached hydrogen (secondary N) is 1. The molecule has 0 aliphatic carbocycles. The first-order chi connectivity index (χ1) is 14.6. The van der Waals surface area contributed by atoms with E-state index in [0.29, 0.717) is 5.92 Å². The van der Waals surface area contributed by atoms with Crippen molar-refractivity contribution >= 4 is 29.5 Å². The fourth-order valence-corrected chi connectivity index (χ4v) is 3.11. The first-order valence-corrected chi connectivity index (χ1v) is 9.78. The highest BCUT2D eigenvalue weighted by atomic mass is 16.5. The molecule has 31 heavy (non-hydrogen) atoms. The highest BCUT2D eigenvalue weighted by molar-refractivity contribution is 6.04. The number of benzene rings is 1. The Morgan fingerprint density at radius 3 is 2.55 bits per heavy atom. The molecule has 162 valence electrons. The second kappa shape index (κ2) is 10.3. The lowest BCUT2D eigenvalue weighted by molar-refractivity contribution is -0.142. The van der Waals surface area contributed by atoms with Gasteiger partial charge in [0.25, 0.3) is 11.8 Å². The van der Waals surface area contributed by atoms with Gasteiger partial charge in [-0.2, -0.15) is 5.26 Å². The van der Waals surface area contributed by atoms with Crippen molar-refractivity contribution in [1.29, 1.82) is 5.26 Å². The minimum atomic E-state index is -0.908. The van der Waals surface area contributed by atoms with Crippen LogP contribution in [0.4, 0.5) is 5.69 Å². The molecule has 8 heteroatoms. The van der Waals surface area contributed by atoms with Crippen LogP contribution >= 0.6 is 0 Å². The quantitative estimate of drug-likeness (QED) is 0.384. The highest BCUT2D eigenvalue weighted by Gasteiger charge is 2.17. The van der Waals surface area contributed by atoms with Gasteiger partial charge in [-0.05, 0) is 49.6 Å². The summed E-state index contributed by atoms with van der Waals surface area (Å²) in [7, 11) is 0. The number of nitrogens with zero attached hydrogens (tertiary/aromatic N) is 2. The molecule has 0 atom stereocenters. The highest BCUT2D eigenvalue weighted by Crippen LogP contribution is 2.20. The van der Waals surface area contributed by atoms with E-state index in [4.69, 9.17) is 10.5 Å². The molecule has 0 saturated heterocycles. The molecular weight excluding hydrogens is 396 g/mol. The van der Waals surface area contributed by atoms with Gasteiger partial charge in [-0.15, -0.1) is 0 Å². The lowest BCUT2D eigenvalue weighted by Crippen LogP contribution is -2.23. The van der Waals surface area contributed by atoms with E-state index in [1.165, 1.54) is 18.2 Å². The van der Waals surface area contributed by atoms with Crippen LogP contribution in [0.1, 0.15) is 41.2 Å². The first-order valence-electron chi connectivity index (χ1n) is 9.78. The number of carbonyl (C=O) groups is 3. The van der Waals surface area contributed by atoms with Crippen LogP contribution < -0.4 is 11.1 Å². The Kier molecular flexibility index (Phi) is 7.75. The zero-order valence-electron chi connectivity index (χ0n) is 18.1. The molecule has 1 aromatic carbocycles. The molecule has 0 radical (unpaired) electrons. The van der Waals surface area contributed by atoms with Crippen LogP contribution in [0.3, 0.4) is 0 Å². The van der Waals surface area contributed by atoms with Crippen LogP contribution in [0.5, 0.6) is 0 Å². The first kappa shape index (κ1) is 23.4. The number of carbonyl (C=O) groups excluding carboxylic acids is 3. The maximum atomic E-state index is 12.3. The Morgan fingerprint density at radius 2 is 1.94 bits per heavy atom. The molecule has 8 nitrogen and oxygen atoms in total. The van der Waals surface area contributed by atoms with Gasteiger partial charge < -0.3 is 20.4 Å². The largest absolute Gasteiger partial charge is 0.451 e. The summed E-state index contributed by atoms with van der Waals surface area (Å²) in [5.41, 5.74) is 8.11. The molecule has 0 saturated carbocycles. The topological polar surface area (TPSA) is 127 Å². The molecule has 2 amide bonds. The number of hydrogen-bond acceptors (Lipinski definition) is 5. The van der Waals surface area contributed by atoms with Crippen LogP contribution in [0.15, 0.2) is 35.9 Å². The van der Waals surface area contributed by atoms with Gasteiger partial charge in [0.2, 0.25) is 0 Å². The summed E-state index contributed by atoms with van der Waals surface area (Å²) in [6, 6.07) is 9.94. The molecule has 1 aromatic heterocycles. The van der Waals surface area contributed by atoms with Crippen LogP contribution in [-0.2, 0) is 20.9 Å². The van der Waals surface area contributed by atoms with Gasteiger partial charge in [-0.1, -0.05) is 26.0 Å². The van der Waals surface area contributed by atoms with Gasteiger partial charge in [0.05, 0.1) is 11.3 Å². The Bertz CT molecular complexity index is 1070. The third kappa shape index (κ3) is 6.06. The van der Waals surface area contributed by atoms with E-state index in [1.54, 1.807) is 12.1 Å². The van der Waals surface area contributed by atoms with Crippen LogP contribution in [0, 0.1) is 31.1 Å². The van der Waals surface area contributed by atoms with E-state index >= 15 is 0 Å². The van der Waals surface area contributed by atoms with Crippen LogP contribution in [0.2, 0.25) is 0 Å². The smallest absolute Gasteiger partial charge is 0.349 e. The number of rotatable bonds is 8. The summed E-state index contributed by atoms with van der Waals surface area (Å²) in [6.45, 7) is 8.32. The SMILES string of the molecule is Cc1cc(/C=C(\C#N)C(=O)OCC(=O)Nc2ccccc2C(N)=O)c(C)n1CC(C)C. The third-order valence-corrected chi connectivity index (χ3v) is 4.60. The maximum absolute atomic E-state index is 12.3. The average Bonchev–Trinajstić information content (AvgIpc) is 2.97. The number of aromatic nitrogens is 1. The van der Waals surface area contributed by atoms with E-state index < -0.39 is 24.4 Å². The van der Waals surface area contributed by atoms with E-state index in [-0.39, 0.29) is 16.8 Å². The normalized spacial score (nSPS) is 11.2. The minimum absolute atomic E-state index is 0.136. The van der Waals surface area contributed by atoms with Crippen molar-refractivity contribution in [3.8, 4) is 6.07 Å². The van der Waals surface area contributed by atoms with Crippen molar-refractivity contribution in [2.75, 3.05) is 11.9 Å². The molecule has 0 aliphatic rings. The van der Waals surface area contributed by atoms with Crippen molar-refractivity contribution in [2.24, 2.45) is 11.7 Å². The number of aryl methyl sites for hydroxylation is 1. The van der Waals surface area contributed by atoms with Crippen molar-refractivity contribution in [1.82, 2.24) is 4.57 Å². The molecule has 2 aromatic rings. The van der Waals surface area contributed by atoms with Gasteiger partial charge in [0, 0.05) is 17.9 Å². The van der Waals surface area contributed by atoms with Crippen molar-refractivity contribution in [3.63, 3.8) is 0 Å². The third-order valence-electron chi connectivity index (χ3n) is 4.60. The second-order valence-electron chi connectivity index (χ2n) is 7.53. The van der Waals surface area contributed by atoms with Gasteiger partial charge in [-0.3, -0.25) is 9.59 Å². The standard InChI is InChI=1S/C23H26N4O4/c1-14(2)12-27-15(3)9-17(16(27)4)10-18(11-24)23(30)31-13-21(28)26-20-8-6-5-7-19(20)22(25)29/h5-10,14H,12-13H2,1-4H3,(H2,25,29)(H,26,28)/b18-10+. The lowest BCUT2D eigenvalue weighted by Gasteiger charge is -2.12. The molecule has 0 fully saturated rings. The van der Waals surface area contributed by atoms with Crippen LogP contribution in [0.25, 0.3) is 6.08 Å². The van der Waals surface area contributed by atoms with Crippen molar-refractivity contribution in [3.05, 3.63) is 58.4 Å². The Balaban J connectivity index is 2.08. The second-order valence-corrected chi connectivity index (χ2v) is 7.53. The lowest BCUT2D eigenvalue weighted by atomic mass is 10.1. The minimum Gasteiger partial charge on any atom is -0.451 e. The molecule has 0 aliphatic heterocycles. The fraction of sp³-hybridized carbons (Fsp3) is 0.304. The fourth-order valence-electron chi connectivity index (χ4n) is 3.11. The Hall–Kier alpha value is -3.86. The number of esters is 1. The number of ether oxygens (including phenoxy) is 1. The van der Waals surface area contributed by atoms with Crippen molar-refractivity contribution < 1.29 is 19.1 Å². The maximum Gasteiger partial charge on any atom is 0.349 e. The molecule has 0 spiro atoms.